The molecule has 0 aliphatic carbocycles. The summed E-state index contributed by atoms with van der Waals surface area (Å²) in [5, 5.41) is 5.42. The lowest BCUT2D eigenvalue weighted by atomic mass is 10.1. The maximum absolute atomic E-state index is 12.2. The third-order valence-corrected chi connectivity index (χ3v) is 4.15. The number of hydrogen-bond donors (Lipinski definition) is 2. The Morgan fingerprint density at radius 2 is 2.00 bits per heavy atom. The largest absolute Gasteiger partial charge is 0.497 e. The van der Waals surface area contributed by atoms with Gasteiger partial charge in [0, 0.05) is 5.38 Å². The van der Waals surface area contributed by atoms with Crippen molar-refractivity contribution in [1.82, 2.24) is 10.3 Å². The van der Waals surface area contributed by atoms with Crippen LogP contribution in [0.15, 0.2) is 29.6 Å². The van der Waals surface area contributed by atoms with Gasteiger partial charge in [-0.3, -0.25) is 4.79 Å². The molecule has 0 aliphatic heterocycles. The Kier molecular flexibility index (Phi) is 4.93. The summed E-state index contributed by atoms with van der Waals surface area (Å²) < 4.78 is 5.12. The number of ether oxygens (including phenoxy) is 1. The number of nitrogens with zero attached hydrogens (tertiary/aromatic N) is 1. The van der Waals surface area contributed by atoms with E-state index in [2.05, 4.69) is 10.3 Å². The number of nitrogens with two attached hydrogens (primary N) is 1. The van der Waals surface area contributed by atoms with Crippen LogP contribution in [0.4, 0.5) is 0 Å². The summed E-state index contributed by atoms with van der Waals surface area (Å²) >= 11 is 1.40. The Morgan fingerprint density at radius 3 is 2.52 bits per heavy atom. The Labute approximate surface area is 128 Å². The van der Waals surface area contributed by atoms with E-state index in [1.54, 1.807) is 12.5 Å². The number of amides is 1. The molecule has 1 heterocycles. The fourth-order valence-corrected chi connectivity index (χ4v) is 2.61. The average molecular weight is 305 g/mol. The molecule has 0 fully saturated rings. The van der Waals surface area contributed by atoms with Gasteiger partial charge in [0.25, 0.3) is 5.91 Å². The van der Waals surface area contributed by atoms with Crippen molar-refractivity contribution in [2.75, 3.05) is 7.11 Å². The molecule has 0 aliphatic rings. The number of carbonyl (C=O) groups is 1. The van der Waals surface area contributed by atoms with E-state index in [1.165, 1.54) is 11.3 Å². The van der Waals surface area contributed by atoms with Gasteiger partial charge in [0.05, 0.1) is 19.2 Å². The Hall–Kier alpha value is -1.92. The Morgan fingerprint density at radius 1 is 1.33 bits per heavy atom. The van der Waals surface area contributed by atoms with Gasteiger partial charge in [-0.1, -0.05) is 12.1 Å². The molecule has 0 radical (unpaired) electrons. The minimum atomic E-state index is -0.193. The molecule has 0 saturated carbocycles. The molecular weight excluding hydrogens is 286 g/mol. The van der Waals surface area contributed by atoms with Crippen LogP contribution in [-0.2, 0) is 0 Å². The van der Waals surface area contributed by atoms with Crippen molar-refractivity contribution < 1.29 is 9.53 Å². The molecule has 0 saturated heterocycles. The second kappa shape index (κ2) is 6.69. The van der Waals surface area contributed by atoms with Crippen LogP contribution < -0.4 is 15.8 Å². The standard InChI is InChI=1S/C15H19N3O2S/c1-9(16)15-18-13(8-21-15)14(19)17-10(2)11-4-6-12(20-3)7-5-11/h4-10H,16H2,1-3H3,(H,17,19)/t9?,10-/m1/s1. The van der Waals surface area contributed by atoms with E-state index >= 15 is 0 Å². The molecule has 1 aromatic carbocycles. The molecular formula is C15H19N3O2S. The minimum Gasteiger partial charge on any atom is -0.497 e. The summed E-state index contributed by atoms with van der Waals surface area (Å²) in [5.74, 6) is 0.597. The first-order valence-electron chi connectivity index (χ1n) is 6.67. The first-order valence-corrected chi connectivity index (χ1v) is 7.55. The molecule has 6 heteroatoms. The van der Waals surface area contributed by atoms with Crippen LogP contribution in [0.5, 0.6) is 5.75 Å². The van der Waals surface area contributed by atoms with Crippen molar-refractivity contribution in [2.24, 2.45) is 5.73 Å². The van der Waals surface area contributed by atoms with Gasteiger partial charge < -0.3 is 15.8 Å². The van der Waals surface area contributed by atoms with Crippen molar-refractivity contribution >= 4 is 17.2 Å². The molecule has 112 valence electrons. The molecule has 0 bridgehead atoms. The quantitative estimate of drug-likeness (QED) is 0.890. The van der Waals surface area contributed by atoms with Gasteiger partial charge in [0.1, 0.15) is 16.5 Å². The maximum Gasteiger partial charge on any atom is 0.271 e. The zero-order valence-corrected chi connectivity index (χ0v) is 13.1. The molecule has 2 aromatic rings. The Bertz CT molecular complexity index is 608. The molecule has 1 amide bonds. The topological polar surface area (TPSA) is 77.2 Å². The van der Waals surface area contributed by atoms with Crippen LogP contribution in [0.1, 0.15) is 47.0 Å². The van der Waals surface area contributed by atoms with E-state index < -0.39 is 0 Å². The van der Waals surface area contributed by atoms with E-state index in [0.29, 0.717) is 5.69 Å². The molecule has 3 N–H and O–H groups in total. The van der Waals surface area contributed by atoms with Crippen LogP contribution in [0.3, 0.4) is 0 Å². The second-order valence-electron chi connectivity index (χ2n) is 4.83. The van der Waals surface area contributed by atoms with E-state index in [9.17, 15) is 4.79 Å². The number of thiazole rings is 1. The lowest BCUT2D eigenvalue weighted by Crippen LogP contribution is -2.27. The number of benzene rings is 1. The number of rotatable bonds is 5. The van der Waals surface area contributed by atoms with Crippen molar-refractivity contribution in [1.29, 1.82) is 0 Å². The van der Waals surface area contributed by atoms with Crippen molar-refractivity contribution in [3.63, 3.8) is 0 Å². The van der Waals surface area contributed by atoms with Gasteiger partial charge >= 0.3 is 0 Å². The Balaban J connectivity index is 2.03. The van der Waals surface area contributed by atoms with E-state index in [1.807, 2.05) is 38.1 Å². The fourth-order valence-electron chi connectivity index (χ4n) is 1.85. The zero-order chi connectivity index (χ0) is 15.4. The smallest absolute Gasteiger partial charge is 0.271 e. The molecule has 2 rings (SSSR count). The monoisotopic (exact) mass is 305 g/mol. The van der Waals surface area contributed by atoms with Crippen molar-refractivity contribution in [3.8, 4) is 5.75 Å². The van der Waals surface area contributed by atoms with Gasteiger partial charge in [0.2, 0.25) is 0 Å². The zero-order valence-electron chi connectivity index (χ0n) is 12.3. The number of hydrogen-bond acceptors (Lipinski definition) is 5. The number of carbonyl (C=O) groups excluding carboxylic acids is 1. The lowest BCUT2D eigenvalue weighted by molar-refractivity contribution is 0.0935. The summed E-state index contributed by atoms with van der Waals surface area (Å²) in [6, 6.07) is 7.33. The van der Waals surface area contributed by atoms with Gasteiger partial charge in [-0.15, -0.1) is 11.3 Å². The fraction of sp³-hybridized carbons (Fsp3) is 0.333. The summed E-state index contributed by atoms with van der Waals surface area (Å²) in [5.41, 5.74) is 7.17. The highest BCUT2D eigenvalue weighted by Gasteiger charge is 2.15. The van der Waals surface area contributed by atoms with Gasteiger partial charge in [-0.25, -0.2) is 4.98 Å². The predicted octanol–water partition coefficient (Wildman–Crippen LogP) is 2.66. The average Bonchev–Trinajstić information content (AvgIpc) is 2.97. The summed E-state index contributed by atoms with van der Waals surface area (Å²) in [6.45, 7) is 3.78. The summed E-state index contributed by atoms with van der Waals surface area (Å²) in [6.07, 6.45) is 0. The molecule has 2 atom stereocenters. The van der Waals surface area contributed by atoms with E-state index in [0.717, 1.165) is 16.3 Å². The van der Waals surface area contributed by atoms with Crippen molar-refractivity contribution in [3.05, 3.63) is 45.9 Å². The van der Waals surface area contributed by atoms with Gasteiger partial charge in [-0.2, -0.15) is 0 Å². The molecule has 21 heavy (non-hydrogen) atoms. The third kappa shape index (κ3) is 3.80. The van der Waals surface area contributed by atoms with E-state index in [4.69, 9.17) is 10.5 Å². The predicted molar refractivity (Wildman–Crippen MR) is 83.6 cm³/mol. The van der Waals surface area contributed by atoms with Crippen LogP contribution in [0.25, 0.3) is 0 Å². The maximum atomic E-state index is 12.2. The highest BCUT2D eigenvalue weighted by atomic mass is 32.1. The molecule has 1 aromatic heterocycles. The van der Waals surface area contributed by atoms with Crippen LogP contribution in [0, 0.1) is 0 Å². The number of methoxy groups -OCH3 is 1. The first-order chi connectivity index (χ1) is 10.0. The third-order valence-electron chi connectivity index (χ3n) is 3.11. The van der Waals surface area contributed by atoms with E-state index in [-0.39, 0.29) is 18.0 Å². The van der Waals surface area contributed by atoms with Gasteiger partial charge in [-0.05, 0) is 31.5 Å². The SMILES string of the molecule is COc1ccc([C@@H](C)NC(=O)c2csc(C(C)N)n2)cc1. The van der Waals surface area contributed by atoms with Gasteiger partial charge in [0.15, 0.2) is 0 Å². The lowest BCUT2D eigenvalue weighted by Gasteiger charge is -2.14. The van der Waals surface area contributed by atoms with Crippen LogP contribution in [0.2, 0.25) is 0 Å². The number of aromatic nitrogens is 1. The minimum absolute atomic E-state index is 0.108. The number of nitrogens with one attached hydrogen (secondary N) is 1. The molecule has 1 unspecified atom stereocenters. The highest BCUT2D eigenvalue weighted by Crippen LogP contribution is 2.19. The summed E-state index contributed by atoms with van der Waals surface area (Å²) in [4.78, 5) is 16.4. The highest BCUT2D eigenvalue weighted by molar-refractivity contribution is 7.09. The summed E-state index contributed by atoms with van der Waals surface area (Å²) in [7, 11) is 1.62. The second-order valence-corrected chi connectivity index (χ2v) is 5.72. The van der Waals surface area contributed by atoms with Crippen LogP contribution >= 0.6 is 11.3 Å². The molecule has 0 spiro atoms. The molecule has 5 nitrogen and oxygen atoms in total. The first kappa shape index (κ1) is 15.5. The van der Waals surface area contributed by atoms with Crippen molar-refractivity contribution in [2.45, 2.75) is 25.9 Å². The van der Waals surface area contributed by atoms with Crippen LogP contribution in [-0.4, -0.2) is 18.0 Å². The normalized spacial score (nSPS) is 13.5.